The molecule has 1 unspecified atom stereocenters. The third-order valence-corrected chi connectivity index (χ3v) is 4.41. The van der Waals surface area contributed by atoms with Crippen molar-refractivity contribution in [3.8, 4) is 0 Å². The van der Waals surface area contributed by atoms with Crippen LogP contribution in [0.25, 0.3) is 0 Å². The lowest BCUT2D eigenvalue weighted by molar-refractivity contribution is -0.125. The third kappa shape index (κ3) is 2.98. The molecular weight excluding hydrogens is 280 g/mol. The van der Waals surface area contributed by atoms with E-state index in [0.717, 1.165) is 24.2 Å². The van der Waals surface area contributed by atoms with Gasteiger partial charge in [0.2, 0.25) is 5.91 Å². The average molecular weight is 296 g/mol. The molecular formula is C13H16N2O4S. The summed E-state index contributed by atoms with van der Waals surface area (Å²) in [6.07, 6.45) is 1.55. The van der Waals surface area contributed by atoms with Gasteiger partial charge in [0.1, 0.15) is 4.88 Å². The number of carboxylic acid groups (broad SMARTS) is 1. The molecule has 2 amide bonds. The monoisotopic (exact) mass is 296 g/mol. The summed E-state index contributed by atoms with van der Waals surface area (Å²) in [4.78, 5) is 36.9. The van der Waals surface area contributed by atoms with Crippen LogP contribution in [0.3, 0.4) is 0 Å². The van der Waals surface area contributed by atoms with E-state index < -0.39 is 5.97 Å². The minimum Gasteiger partial charge on any atom is -0.477 e. The fourth-order valence-electron chi connectivity index (χ4n) is 2.30. The van der Waals surface area contributed by atoms with Crippen LogP contribution in [0.4, 0.5) is 0 Å². The highest BCUT2D eigenvalue weighted by atomic mass is 32.1. The molecule has 1 aromatic heterocycles. The molecule has 108 valence electrons. The van der Waals surface area contributed by atoms with Crippen LogP contribution in [-0.4, -0.2) is 47.9 Å². The molecule has 1 aromatic rings. The van der Waals surface area contributed by atoms with Crippen molar-refractivity contribution in [3.05, 3.63) is 21.9 Å². The van der Waals surface area contributed by atoms with Crippen LogP contribution >= 0.6 is 11.3 Å². The molecule has 0 aliphatic carbocycles. The Balaban J connectivity index is 2.08. The maximum absolute atomic E-state index is 12.3. The number of hydrogen-bond donors (Lipinski definition) is 2. The van der Waals surface area contributed by atoms with E-state index in [9.17, 15) is 14.4 Å². The van der Waals surface area contributed by atoms with Crippen LogP contribution in [0.2, 0.25) is 0 Å². The molecule has 0 bridgehead atoms. The first kappa shape index (κ1) is 14.5. The van der Waals surface area contributed by atoms with Gasteiger partial charge in [0.25, 0.3) is 5.91 Å². The Morgan fingerprint density at radius 1 is 1.35 bits per heavy atom. The van der Waals surface area contributed by atoms with Crippen molar-refractivity contribution in [2.24, 2.45) is 5.92 Å². The highest BCUT2D eigenvalue weighted by molar-refractivity contribution is 7.15. The second-order valence-corrected chi connectivity index (χ2v) is 5.76. The van der Waals surface area contributed by atoms with Gasteiger partial charge in [-0.05, 0) is 25.0 Å². The summed E-state index contributed by atoms with van der Waals surface area (Å²) in [5.41, 5.74) is 0. The third-order valence-electron chi connectivity index (χ3n) is 3.35. The quantitative estimate of drug-likeness (QED) is 0.872. The van der Waals surface area contributed by atoms with Gasteiger partial charge in [-0.15, -0.1) is 11.3 Å². The van der Waals surface area contributed by atoms with Crippen LogP contribution in [0.15, 0.2) is 12.1 Å². The van der Waals surface area contributed by atoms with Gasteiger partial charge in [-0.25, -0.2) is 4.79 Å². The summed E-state index contributed by atoms with van der Waals surface area (Å²) in [6.45, 7) is 0.992. The molecule has 1 aliphatic heterocycles. The summed E-state index contributed by atoms with van der Waals surface area (Å²) in [5.74, 6) is -1.47. The first-order valence-electron chi connectivity index (χ1n) is 6.37. The Bertz CT molecular complexity index is 540. The predicted molar refractivity (Wildman–Crippen MR) is 74.0 cm³/mol. The van der Waals surface area contributed by atoms with Gasteiger partial charge in [0.05, 0.1) is 10.8 Å². The highest BCUT2D eigenvalue weighted by Crippen LogP contribution is 2.22. The lowest BCUT2D eigenvalue weighted by atomic mass is 9.97. The normalized spacial score (nSPS) is 18.6. The van der Waals surface area contributed by atoms with Crippen molar-refractivity contribution < 1.29 is 19.5 Å². The fraction of sp³-hybridized carbons (Fsp3) is 0.462. The van der Waals surface area contributed by atoms with Crippen LogP contribution in [0.5, 0.6) is 0 Å². The lowest BCUT2D eigenvalue weighted by Gasteiger charge is -2.31. The number of thiophene rings is 1. The number of carbonyl (C=O) groups is 3. The van der Waals surface area contributed by atoms with Crippen molar-refractivity contribution in [3.63, 3.8) is 0 Å². The summed E-state index contributed by atoms with van der Waals surface area (Å²) in [5, 5.41) is 11.5. The topological polar surface area (TPSA) is 86.7 Å². The van der Waals surface area contributed by atoms with Gasteiger partial charge >= 0.3 is 5.97 Å². The van der Waals surface area contributed by atoms with Gasteiger partial charge in [0, 0.05) is 20.1 Å². The molecule has 1 saturated heterocycles. The van der Waals surface area contributed by atoms with Gasteiger partial charge in [-0.2, -0.15) is 0 Å². The van der Waals surface area contributed by atoms with E-state index >= 15 is 0 Å². The number of piperidine rings is 1. The van der Waals surface area contributed by atoms with Crippen molar-refractivity contribution in [2.75, 3.05) is 20.1 Å². The number of rotatable bonds is 3. The van der Waals surface area contributed by atoms with Gasteiger partial charge in [-0.1, -0.05) is 0 Å². The second kappa shape index (κ2) is 6.04. The summed E-state index contributed by atoms with van der Waals surface area (Å²) in [6, 6.07) is 2.96. The number of nitrogens with zero attached hydrogens (tertiary/aromatic N) is 1. The zero-order chi connectivity index (χ0) is 14.7. The second-order valence-electron chi connectivity index (χ2n) is 4.67. The molecule has 0 saturated carbocycles. The number of hydrogen-bond acceptors (Lipinski definition) is 4. The number of likely N-dealkylation sites (tertiary alicyclic amines) is 1. The van der Waals surface area contributed by atoms with Crippen molar-refractivity contribution in [1.82, 2.24) is 10.2 Å². The summed E-state index contributed by atoms with van der Waals surface area (Å²) < 4.78 is 0. The van der Waals surface area contributed by atoms with Crippen LogP contribution in [0, 0.1) is 5.92 Å². The molecule has 0 aromatic carbocycles. The molecule has 2 rings (SSSR count). The largest absolute Gasteiger partial charge is 0.477 e. The van der Waals surface area contributed by atoms with Gasteiger partial charge in [-0.3, -0.25) is 9.59 Å². The first-order chi connectivity index (χ1) is 9.52. The van der Waals surface area contributed by atoms with E-state index in [1.165, 1.54) is 12.1 Å². The van der Waals surface area contributed by atoms with Crippen LogP contribution in [-0.2, 0) is 4.79 Å². The standard InChI is InChI=1S/C13H16N2O4S/c1-14-11(16)8-3-2-6-15(7-8)12(17)9-4-5-10(20-9)13(18)19/h4-5,8H,2-3,6-7H2,1H3,(H,14,16)(H,18,19). The molecule has 0 radical (unpaired) electrons. The SMILES string of the molecule is CNC(=O)C1CCCN(C(=O)c2ccc(C(=O)O)s2)C1. The molecule has 20 heavy (non-hydrogen) atoms. The van der Waals surface area contributed by atoms with E-state index in [0.29, 0.717) is 18.0 Å². The number of aromatic carboxylic acids is 1. The molecule has 0 spiro atoms. The molecule has 7 heteroatoms. The Kier molecular flexibility index (Phi) is 4.39. The Morgan fingerprint density at radius 3 is 2.65 bits per heavy atom. The van der Waals surface area contributed by atoms with Gasteiger partial charge < -0.3 is 15.3 Å². The fourth-order valence-corrected chi connectivity index (χ4v) is 3.12. The maximum atomic E-state index is 12.3. The zero-order valence-corrected chi connectivity index (χ0v) is 11.9. The van der Waals surface area contributed by atoms with E-state index in [1.54, 1.807) is 11.9 Å². The predicted octanol–water partition coefficient (Wildman–Crippen LogP) is 1.04. The molecule has 6 nitrogen and oxygen atoms in total. The van der Waals surface area contributed by atoms with Crippen molar-refractivity contribution >= 4 is 29.1 Å². The van der Waals surface area contributed by atoms with Crippen molar-refractivity contribution in [1.29, 1.82) is 0 Å². The molecule has 2 N–H and O–H groups in total. The molecule has 1 fully saturated rings. The highest BCUT2D eigenvalue weighted by Gasteiger charge is 2.29. The number of nitrogens with one attached hydrogen (secondary N) is 1. The van der Waals surface area contributed by atoms with E-state index in [-0.39, 0.29) is 22.6 Å². The minimum absolute atomic E-state index is 0.0556. The minimum atomic E-state index is -1.03. The molecule has 1 atom stereocenters. The van der Waals surface area contributed by atoms with Gasteiger partial charge in [0.15, 0.2) is 0 Å². The maximum Gasteiger partial charge on any atom is 0.345 e. The number of carboxylic acids is 1. The van der Waals surface area contributed by atoms with E-state index in [2.05, 4.69) is 5.32 Å². The van der Waals surface area contributed by atoms with E-state index in [1.807, 2.05) is 0 Å². The summed E-state index contributed by atoms with van der Waals surface area (Å²) in [7, 11) is 1.58. The first-order valence-corrected chi connectivity index (χ1v) is 7.18. The Hall–Kier alpha value is -1.89. The summed E-state index contributed by atoms with van der Waals surface area (Å²) >= 11 is 0.967. The van der Waals surface area contributed by atoms with E-state index in [4.69, 9.17) is 5.11 Å². The van der Waals surface area contributed by atoms with Crippen molar-refractivity contribution in [2.45, 2.75) is 12.8 Å². The Labute approximate surface area is 120 Å². The van der Waals surface area contributed by atoms with Crippen LogP contribution in [0.1, 0.15) is 32.2 Å². The number of carbonyl (C=O) groups excluding carboxylic acids is 2. The molecule has 2 heterocycles. The number of amides is 2. The average Bonchev–Trinajstić information content (AvgIpc) is 2.95. The zero-order valence-electron chi connectivity index (χ0n) is 11.1. The van der Waals surface area contributed by atoms with Crippen LogP contribution < -0.4 is 5.32 Å². The molecule has 1 aliphatic rings. The smallest absolute Gasteiger partial charge is 0.345 e. The Morgan fingerprint density at radius 2 is 2.05 bits per heavy atom. The lowest BCUT2D eigenvalue weighted by Crippen LogP contribution is -2.44.